The summed E-state index contributed by atoms with van der Waals surface area (Å²) in [4.78, 5) is 9.67. The Balaban J connectivity index is 2.00. The van der Waals surface area contributed by atoms with E-state index in [0.717, 1.165) is 38.2 Å². The van der Waals surface area contributed by atoms with Gasteiger partial charge in [-0.1, -0.05) is 13.3 Å². The number of hydrogen-bond acceptors (Lipinski definition) is 3. The first-order valence-electron chi connectivity index (χ1n) is 6.97. The van der Waals surface area contributed by atoms with Crippen LogP contribution in [0.4, 0.5) is 0 Å². The largest absolute Gasteiger partial charge is 0.316 e. The Labute approximate surface area is 103 Å². The molecule has 0 bridgehead atoms. The minimum absolute atomic E-state index is 0.673. The zero-order valence-corrected chi connectivity index (χ0v) is 10.6. The molecule has 0 amide bonds. The van der Waals surface area contributed by atoms with Crippen molar-refractivity contribution in [3.8, 4) is 0 Å². The van der Waals surface area contributed by atoms with Crippen molar-refractivity contribution in [1.82, 2.24) is 15.3 Å². The van der Waals surface area contributed by atoms with Gasteiger partial charge in [0.05, 0.1) is 0 Å². The van der Waals surface area contributed by atoms with E-state index in [-0.39, 0.29) is 0 Å². The van der Waals surface area contributed by atoms with E-state index in [2.05, 4.69) is 12.2 Å². The van der Waals surface area contributed by atoms with Gasteiger partial charge in [0.2, 0.25) is 0 Å². The quantitative estimate of drug-likeness (QED) is 0.864. The smallest absolute Gasteiger partial charge is 0.131 e. The average molecular weight is 231 g/mol. The summed E-state index contributed by atoms with van der Waals surface area (Å²) in [7, 11) is 0. The standard InChI is InChI=1S/C14H21N3/c1-2-3-12-11-6-8-15-9-7-13(11)17-14(16-12)10-4-5-10/h10,15H,2-9H2,1H3. The number of aromatic nitrogens is 2. The molecular formula is C14H21N3. The number of hydrogen-bond donors (Lipinski definition) is 1. The highest BCUT2D eigenvalue weighted by Gasteiger charge is 2.28. The highest BCUT2D eigenvalue weighted by molar-refractivity contribution is 5.29. The molecule has 3 heteroatoms. The molecule has 1 aromatic heterocycles. The molecule has 0 unspecified atom stereocenters. The third-order valence-electron chi connectivity index (χ3n) is 3.72. The molecule has 92 valence electrons. The van der Waals surface area contributed by atoms with E-state index in [1.165, 1.54) is 36.2 Å². The summed E-state index contributed by atoms with van der Waals surface area (Å²) in [6.07, 6.45) is 7.07. The van der Waals surface area contributed by atoms with Gasteiger partial charge in [0.15, 0.2) is 0 Å². The van der Waals surface area contributed by atoms with Crippen LogP contribution in [-0.4, -0.2) is 23.1 Å². The van der Waals surface area contributed by atoms with E-state index in [4.69, 9.17) is 9.97 Å². The second-order valence-corrected chi connectivity index (χ2v) is 5.23. The maximum atomic E-state index is 4.84. The summed E-state index contributed by atoms with van der Waals surface area (Å²) in [5, 5.41) is 3.46. The average Bonchev–Trinajstić information content (AvgIpc) is 3.16. The highest BCUT2D eigenvalue weighted by atomic mass is 14.9. The zero-order chi connectivity index (χ0) is 11.7. The van der Waals surface area contributed by atoms with Crippen LogP contribution in [0.5, 0.6) is 0 Å². The van der Waals surface area contributed by atoms with E-state index in [1.807, 2.05) is 0 Å². The summed E-state index contributed by atoms with van der Waals surface area (Å²) >= 11 is 0. The van der Waals surface area contributed by atoms with Crippen LogP contribution in [0.15, 0.2) is 0 Å². The first kappa shape index (κ1) is 11.1. The third kappa shape index (κ3) is 2.34. The van der Waals surface area contributed by atoms with Crippen LogP contribution in [0.2, 0.25) is 0 Å². The van der Waals surface area contributed by atoms with Crippen molar-refractivity contribution in [3.63, 3.8) is 0 Å². The zero-order valence-electron chi connectivity index (χ0n) is 10.6. The molecule has 0 saturated heterocycles. The lowest BCUT2D eigenvalue weighted by Gasteiger charge is -2.12. The van der Waals surface area contributed by atoms with E-state index in [9.17, 15) is 0 Å². The van der Waals surface area contributed by atoms with Gasteiger partial charge in [0, 0.05) is 30.3 Å². The highest BCUT2D eigenvalue weighted by Crippen LogP contribution is 2.38. The molecule has 1 aliphatic heterocycles. The molecule has 1 saturated carbocycles. The maximum Gasteiger partial charge on any atom is 0.131 e. The first-order valence-corrected chi connectivity index (χ1v) is 6.97. The summed E-state index contributed by atoms with van der Waals surface area (Å²) in [5.74, 6) is 1.81. The van der Waals surface area contributed by atoms with Crippen LogP contribution in [0, 0.1) is 0 Å². The van der Waals surface area contributed by atoms with Crippen molar-refractivity contribution in [2.75, 3.05) is 13.1 Å². The predicted octanol–water partition coefficient (Wildman–Crippen LogP) is 1.99. The second kappa shape index (κ2) is 4.73. The third-order valence-corrected chi connectivity index (χ3v) is 3.72. The fourth-order valence-corrected chi connectivity index (χ4v) is 2.61. The van der Waals surface area contributed by atoms with E-state index >= 15 is 0 Å². The number of aryl methyl sites for hydroxylation is 1. The van der Waals surface area contributed by atoms with E-state index < -0.39 is 0 Å². The lowest BCUT2D eigenvalue weighted by Crippen LogP contribution is -2.16. The molecule has 3 rings (SSSR count). The van der Waals surface area contributed by atoms with Gasteiger partial charge in [-0.3, -0.25) is 0 Å². The summed E-state index contributed by atoms with van der Waals surface area (Å²) < 4.78 is 0. The molecule has 3 nitrogen and oxygen atoms in total. The Kier molecular flexibility index (Phi) is 3.10. The first-order chi connectivity index (χ1) is 8.38. The van der Waals surface area contributed by atoms with Crippen LogP contribution >= 0.6 is 0 Å². The van der Waals surface area contributed by atoms with Gasteiger partial charge in [0.25, 0.3) is 0 Å². The predicted molar refractivity (Wildman–Crippen MR) is 68.3 cm³/mol. The maximum absolute atomic E-state index is 4.84. The van der Waals surface area contributed by atoms with Crippen molar-refractivity contribution in [2.24, 2.45) is 0 Å². The summed E-state index contributed by atoms with van der Waals surface area (Å²) in [6.45, 7) is 4.38. The number of nitrogens with zero attached hydrogens (tertiary/aromatic N) is 2. The molecule has 17 heavy (non-hydrogen) atoms. The summed E-state index contributed by atoms with van der Waals surface area (Å²) in [6, 6.07) is 0. The molecule has 1 N–H and O–H groups in total. The van der Waals surface area contributed by atoms with Gasteiger partial charge in [0.1, 0.15) is 5.82 Å². The van der Waals surface area contributed by atoms with Crippen LogP contribution in [0.3, 0.4) is 0 Å². The second-order valence-electron chi connectivity index (χ2n) is 5.23. The van der Waals surface area contributed by atoms with Gasteiger partial charge in [-0.15, -0.1) is 0 Å². The minimum atomic E-state index is 0.673. The van der Waals surface area contributed by atoms with Crippen LogP contribution in [0.1, 0.15) is 54.9 Å². The molecule has 1 aliphatic carbocycles. The van der Waals surface area contributed by atoms with Crippen LogP contribution in [-0.2, 0) is 19.3 Å². The summed E-state index contributed by atoms with van der Waals surface area (Å²) in [5.41, 5.74) is 4.11. The Bertz CT molecular complexity index is 410. The van der Waals surface area contributed by atoms with Crippen molar-refractivity contribution >= 4 is 0 Å². The van der Waals surface area contributed by atoms with Crippen molar-refractivity contribution in [2.45, 2.75) is 51.4 Å². The van der Waals surface area contributed by atoms with Crippen molar-refractivity contribution in [1.29, 1.82) is 0 Å². The Hall–Kier alpha value is -0.960. The topological polar surface area (TPSA) is 37.8 Å². The Morgan fingerprint density at radius 3 is 2.76 bits per heavy atom. The fraction of sp³-hybridized carbons (Fsp3) is 0.714. The molecule has 0 atom stereocenters. The normalized spacial score (nSPS) is 19.8. The molecule has 0 radical (unpaired) electrons. The molecule has 0 spiro atoms. The monoisotopic (exact) mass is 231 g/mol. The lowest BCUT2D eigenvalue weighted by molar-refractivity contribution is 0.707. The SMILES string of the molecule is CCCc1nc(C2CC2)nc2c1CCNCC2. The van der Waals surface area contributed by atoms with Gasteiger partial charge in [-0.25, -0.2) is 9.97 Å². The van der Waals surface area contributed by atoms with E-state index in [1.54, 1.807) is 0 Å². The molecule has 1 fully saturated rings. The lowest BCUT2D eigenvalue weighted by atomic mass is 10.0. The van der Waals surface area contributed by atoms with Gasteiger partial charge in [-0.05, 0) is 37.8 Å². The number of fused-ring (bicyclic) bond motifs is 1. The Morgan fingerprint density at radius 2 is 2.00 bits per heavy atom. The fourth-order valence-electron chi connectivity index (χ4n) is 2.61. The number of rotatable bonds is 3. The molecule has 2 heterocycles. The van der Waals surface area contributed by atoms with Crippen LogP contribution in [0.25, 0.3) is 0 Å². The van der Waals surface area contributed by atoms with Gasteiger partial charge < -0.3 is 5.32 Å². The van der Waals surface area contributed by atoms with Gasteiger partial charge in [-0.2, -0.15) is 0 Å². The van der Waals surface area contributed by atoms with Crippen molar-refractivity contribution in [3.05, 3.63) is 22.8 Å². The van der Waals surface area contributed by atoms with E-state index in [0.29, 0.717) is 5.92 Å². The van der Waals surface area contributed by atoms with Gasteiger partial charge >= 0.3 is 0 Å². The van der Waals surface area contributed by atoms with Crippen LogP contribution < -0.4 is 5.32 Å². The molecule has 2 aliphatic rings. The Morgan fingerprint density at radius 1 is 1.18 bits per heavy atom. The molecule has 1 aromatic rings. The number of nitrogens with one attached hydrogen (secondary N) is 1. The van der Waals surface area contributed by atoms with Crippen molar-refractivity contribution < 1.29 is 0 Å². The molecular weight excluding hydrogens is 210 g/mol. The minimum Gasteiger partial charge on any atom is -0.316 e. The molecule has 0 aromatic carbocycles.